The molecular weight excluding hydrogens is 324 g/mol. The van der Waals surface area contributed by atoms with E-state index in [0.29, 0.717) is 23.6 Å². The van der Waals surface area contributed by atoms with Crippen molar-refractivity contribution in [3.05, 3.63) is 58.6 Å². The van der Waals surface area contributed by atoms with Crippen molar-refractivity contribution in [3.63, 3.8) is 0 Å². The largest absolute Gasteiger partial charge is 0.324 e. The van der Waals surface area contributed by atoms with Crippen LogP contribution in [-0.4, -0.2) is 17.9 Å². The van der Waals surface area contributed by atoms with E-state index in [4.69, 9.17) is 11.6 Å². The number of benzene rings is 2. The van der Waals surface area contributed by atoms with Crippen molar-refractivity contribution in [2.24, 2.45) is 0 Å². The first-order valence-electron chi connectivity index (χ1n) is 7.91. The van der Waals surface area contributed by atoms with Crippen LogP contribution in [0, 0.1) is 13.8 Å². The van der Waals surface area contributed by atoms with Crippen molar-refractivity contribution in [3.8, 4) is 0 Å². The first-order chi connectivity index (χ1) is 11.5. The zero-order valence-electron chi connectivity index (χ0n) is 13.7. The molecule has 1 aliphatic heterocycles. The van der Waals surface area contributed by atoms with E-state index in [-0.39, 0.29) is 11.8 Å². The zero-order valence-corrected chi connectivity index (χ0v) is 14.4. The summed E-state index contributed by atoms with van der Waals surface area (Å²) in [5.41, 5.74) is 3.47. The van der Waals surface area contributed by atoms with Crippen molar-refractivity contribution in [1.82, 2.24) is 0 Å². The van der Waals surface area contributed by atoms with Gasteiger partial charge in [-0.3, -0.25) is 14.5 Å². The van der Waals surface area contributed by atoms with Gasteiger partial charge in [-0.2, -0.15) is 0 Å². The Labute approximate surface area is 146 Å². The number of amides is 2. The van der Waals surface area contributed by atoms with E-state index >= 15 is 0 Å². The first kappa shape index (κ1) is 16.5. The van der Waals surface area contributed by atoms with Gasteiger partial charge in [0.1, 0.15) is 6.04 Å². The third-order valence-corrected chi connectivity index (χ3v) is 4.52. The lowest BCUT2D eigenvalue weighted by molar-refractivity contribution is -0.120. The average Bonchev–Trinajstić information content (AvgIpc) is 2.93. The fourth-order valence-corrected chi connectivity index (χ4v) is 3.08. The van der Waals surface area contributed by atoms with Crippen molar-refractivity contribution in [2.45, 2.75) is 32.7 Å². The summed E-state index contributed by atoms with van der Waals surface area (Å²) in [4.78, 5) is 26.6. The third kappa shape index (κ3) is 3.29. The molecule has 0 radical (unpaired) electrons. The van der Waals surface area contributed by atoms with Gasteiger partial charge in [-0.05, 0) is 50.1 Å². The number of nitrogens with zero attached hydrogens (tertiary/aromatic N) is 1. The lowest BCUT2D eigenvalue weighted by atomic mass is 10.1. The Balaban J connectivity index is 1.84. The van der Waals surface area contributed by atoms with Gasteiger partial charge < -0.3 is 5.32 Å². The van der Waals surface area contributed by atoms with Gasteiger partial charge in [0, 0.05) is 22.8 Å². The quantitative estimate of drug-likeness (QED) is 0.913. The van der Waals surface area contributed by atoms with Gasteiger partial charge in [-0.25, -0.2) is 0 Å². The lowest BCUT2D eigenvalue weighted by Crippen LogP contribution is -2.41. The van der Waals surface area contributed by atoms with E-state index in [1.165, 1.54) is 0 Å². The summed E-state index contributed by atoms with van der Waals surface area (Å²) in [7, 11) is 0. The van der Waals surface area contributed by atoms with Gasteiger partial charge >= 0.3 is 0 Å². The lowest BCUT2D eigenvalue weighted by Gasteiger charge is -2.24. The summed E-state index contributed by atoms with van der Waals surface area (Å²) in [6.07, 6.45) is 0.888. The second-order valence-electron chi connectivity index (χ2n) is 6.10. The van der Waals surface area contributed by atoms with Crippen LogP contribution < -0.4 is 10.2 Å². The van der Waals surface area contributed by atoms with Crippen LogP contribution in [0.4, 0.5) is 11.4 Å². The summed E-state index contributed by atoms with van der Waals surface area (Å²) < 4.78 is 0. The number of hydrogen-bond acceptors (Lipinski definition) is 2. The predicted molar refractivity (Wildman–Crippen MR) is 96.5 cm³/mol. The SMILES string of the molecule is Cc1ccc(N2C(=O)CCC2C(=O)Nc2cc(Cl)ccc2C)cc1. The molecule has 124 valence electrons. The normalized spacial score (nSPS) is 17.2. The smallest absolute Gasteiger partial charge is 0.247 e. The second-order valence-corrected chi connectivity index (χ2v) is 6.54. The maximum absolute atomic E-state index is 12.7. The fourth-order valence-electron chi connectivity index (χ4n) is 2.91. The van der Waals surface area contributed by atoms with Gasteiger partial charge in [-0.1, -0.05) is 35.4 Å². The van der Waals surface area contributed by atoms with Gasteiger partial charge in [0.15, 0.2) is 0 Å². The molecule has 0 saturated carbocycles. The highest BCUT2D eigenvalue weighted by Gasteiger charge is 2.37. The topological polar surface area (TPSA) is 49.4 Å². The van der Waals surface area contributed by atoms with E-state index in [0.717, 1.165) is 16.8 Å². The minimum absolute atomic E-state index is 0.0261. The standard InChI is InChI=1S/C19H19ClN2O2/c1-12-3-7-15(8-4-12)22-17(9-10-18(22)23)19(24)21-16-11-14(20)6-5-13(16)2/h3-8,11,17H,9-10H2,1-2H3,(H,21,24). The summed E-state index contributed by atoms with van der Waals surface area (Å²) >= 11 is 6.01. The molecule has 1 aliphatic rings. The number of anilines is 2. The number of nitrogens with one attached hydrogen (secondary N) is 1. The summed E-state index contributed by atoms with van der Waals surface area (Å²) in [6.45, 7) is 3.89. The molecular formula is C19H19ClN2O2. The molecule has 0 bridgehead atoms. The Morgan fingerprint density at radius 3 is 2.58 bits per heavy atom. The molecule has 1 N–H and O–H groups in total. The number of rotatable bonds is 3. The molecule has 1 atom stereocenters. The maximum atomic E-state index is 12.7. The molecule has 1 saturated heterocycles. The Morgan fingerprint density at radius 2 is 1.88 bits per heavy atom. The molecule has 2 aromatic carbocycles. The van der Waals surface area contributed by atoms with Crippen LogP contribution in [0.1, 0.15) is 24.0 Å². The fraction of sp³-hybridized carbons (Fsp3) is 0.263. The Hall–Kier alpha value is -2.33. The first-order valence-corrected chi connectivity index (χ1v) is 8.29. The van der Waals surface area contributed by atoms with Crippen LogP contribution in [0.5, 0.6) is 0 Å². The molecule has 2 amide bonds. The molecule has 2 aromatic rings. The predicted octanol–water partition coefficient (Wildman–Crippen LogP) is 4.09. The Kier molecular flexibility index (Phi) is 4.58. The molecule has 4 nitrogen and oxygen atoms in total. The molecule has 3 rings (SSSR count). The monoisotopic (exact) mass is 342 g/mol. The molecule has 5 heteroatoms. The number of carbonyl (C=O) groups excluding carboxylic acids is 2. The number of aryl methyl sites for hydroxylation is 2. The van der Waals surface area contributed by atoms with E-state index in [1.54, 1.807) is 17.0 Å². The average molecular weight is 343 g/mol. The molecule has 1 heterocycles. The number of carbonyl (C=O) groups is 2. The van der Waals surface area contributed by atoms with E-state index in [1.807, 2.05) is 44.2 Å². The van der Waals surface area contributed by atoms with Gasteiger partial charge in [0.2, 0.25) is 11.8 Å². The number of halogens is 1. The van der Waals surface area contributed by atoms with Crippen LogP contribution in [0.3, 0.4) is 0 Å². The molecule has 1 fully saturated rings. The Bertz CT molecular complexity index is 786. The van der Waals surface area contributed by atoms with Crippen LogP contribution >= 0.6 is 11.6 Å². The van der Waals surface area contributed by atoms with Crippen LogP contribution in [0.2, 0.25) is 5.02 Å². The van der Waals surface area contributed by atoms with Crippen LogP contribution in [-0.2, 0) is 9.59 Å². The summed E-state index contributed by atoms with van der Waals surface area (Å²) in [5.74, 6) is -0.214. The van der Waals surface area contributed by atoms with Crippen LogP contribution in [0.15, 0.2) is 42.5 Å². The van der Waals surface area contributed by atoms with Crippen LogP contribution in [0.25, 0.3) is 0 Å². The highest BCUT2D eigenvalue weighted by atomic mass is 35.5. The van der Waals surface area contributed by atoms with Crippen molar-refractivity contribution in [2.75, 3.05) is 10.2 Å². The van der Waals surface area contributed by atoms with Crippen molar-refractivity contribution >= 4 is 34.8 Å². The summed E-state index contributed by atoms with van der Waals surface area (Å²) in [5, 5.41) is 3.47. The van der Waals surface area contributed by atoms with E-state index < -0.39 is 6.04 Å². The molecule has 0 spiro atoms. The van der Waals surface area contributed by atoms with Crippen molar-refractivity contribution in [1.29, 1.82) is 0 Å². The minimum atomic E-state index is -0.501. The number of hydrogen-bond donors (Lipinski definition) is 1. The molecule has 1 unspecified atom stereocenters. The van der Waals surface area contributed by atoms with Gasteiger partial charge in [-0.15, -0.1) is 0 Å². The summed E-state index contributed by atoms with van der Waals surface area (Å²) in [6, 6.07) is 12.5. The van der Waals surface area contributed by atoms with Gasteiger partial charge in [0.05, 0.1) is 0 Å². The van der Waals surface area contributed by atoms with Crippen molar-refractivity contribution < 1.29 is 9.59 Å². The van der Waals surface area contributed by atoms with Gasteiger partial charge in [0.25, 0.3) is 0 Å². The highest BCUT2D eigenvalue weighted by molar-refractivity contribution is 6.31. The molecule has 24 heavy (non-hydrogen) atoms. The highest BCUT2D eigenvalue weighted by Crippen LogP contribution is 2.28. The molecule has 0 aliphatic carbocycles. The third-order valence-electron chi connectivity index (χ3n) is 4.28. The molecule has 0 aromatic heterocycles. The van der Waals surface area contributed by atoms with E-state index in [2.05, 4.69) is 5.32 Å². The Morgan fingerprint density at radius 1 is 1.17 bits per heavy atom. The maximum Gasteiger partial charge on any atom is 0.247 e. The minimum Gasteiger partial charge on any atom is -0.324 e. The van der Waals surface area contributed by atoms with E-state index in [9.17, 15) is 9.59 Å². The second kappa shape index (κ2) is 6.65. The zero-order chi connectivity index (χ0) is 17.3.